The molecule has 22 heavy (non-hydrogen) atoms. The topological polar surface area (TPSA) is 59.9 Å². The Balaban J connectivity index is 1.89. The summed E-state index contributed by atoms with van der Waals surface area (Å²) in [7, 11) is 0. The van der Waals surface area contributed by atoms with Crippen LogP contribution in [-0.4, -0.2) is 27.1 Å². The van der Waals surface area contributed by atoms with Crippen LogP contribution in [0.1, 0.15) is 18.8 Å². The second-order valence-corrected chi connectivity index (χ2v) is 4.95. The van der Waals surface area contributed by atoms with Crippen LogP contribution >= 0.6 is 0 Å². The number of aromatic amines is 1. The number of carbonyl (C=O) groups is 1. The van der Waals surface area contributed by atoms with Crippen molar-refractivity contribution in [3.63, 3.8) is 0 Å². The van der Waals surface area contributed by atoms with Crippen LogP contribution in [0.3, 0.4) is 0 Å². The molecule has 0 unspecified atom stereocenters. The number of esters is 1. The molecule has 0 bridgehead atoms. The van der Waals surface area contributed by atoms with Gasteiger partial charge >= 0.3 is 5.97 Å². The van der Waals surface area contributed by atoms with Crippen molar-refractivity contribution in [2.75, 3.05) is 6.61 Å². The third-order valence-electron chi connectivity index (χ3n) is 3.43. The molecule has 0 spiro atoms. The van der Waals surface area contributed by atoms with E-state index in [-0.39, 0.29) is 11.8 Å². The smallest absolute Gasteiger partial charge is 0.329 e. The number of rotatable bonds is 5. The predicted octanol–water partition coefficient (Wildman–Crippen LogP) is 2.85. The lowest BCUT2D eigenvalue weighted by molar-refractivity contribution is -0.147. The Labute approximate surface area is 126 Å². The molecule has 2 heterocycles. The Kier molecular flexibility index (Phi) is 3.91. The van der Waals surface area contributed by atoms with Gasteiger partial charge in [0.1, 0.15) is 17.7 Å². The second kappa shape index (κ2) is 6.01. The predicted molar refractivity (Wildman–Crippen MR) is 79.9 cm³/mol. The number of carbonyl (C=O) groups excluding carboxylic acids is 1. The minimum absolute atomic E-state index is 0.315. The molecule has 0 aliphatic carbocycles. The van der Waals surface area contributed by atoms with Gasteiger partial charge in [-0.05, 0) is 37.3 Å². The van der Waals surface area contributed by atoms with Gasteiger partial charge in [-0.3, -0.25) is 0 Å². The quantitative estimate of drug-likeness (QED) is 0.737. The highest BCUT2D eigenvalue weighted by Gasteiger charge is 2.23. The van der Waals surface area contributed by atoms with Crippen molar-refractivity contribution >= 4 is 17.0 Å². The van der Waals surface area contributed by atoms with Crippen LogP contribution in [0.5, 0.6) is 0 Å². The maximum absolute atomic E-state index is 13.2. The number of hydrogen-bond donors (Lipinski definition) is 1. The molecule has 0 amide bonds. The molecule has 2 aromatic heterocycles. The van der Waals surface area contributed by atoms with E-state index in [0.29, 0.717) is 29.9 Å². The summed E-state index contributed by atoms with van der Waals surface area (Å²) in [6.07, 6.45) is 3.97. The van der Waals surface area contributed by atoms with Crippen molar-refractivity contribution in [3.8, 4) is 0 Å². The molecule has 0 radical (unpaired) electrons. The summed E-state index contributed by atoms with van der Waals surface area (Å²) in [4.78, 5) is 19.6. The van der Waals surface area contributed by atoms with Crippen LogP contribution in [0.15, 0.2) is 42.7 Å². The van der Waals surface area contributed by atoms with Gasteiger partial charge in [-0.25, -0.2) is 14.2 Å². The first-order valence-corrected chi connectivity index (χ1v) is 7.10. The zero-order valence-electron chi connectivity index (χ0n) is 12.1. The molecule has 0 aliphatic rings. The first kappa shape index (κ1) is 14.3. The van der Waals surface area contributed by atoms with Gasteiger partial charge in [0.15, 0.2) is 0 Å². The van der Waals surface area contributed by atoms with Crippen molar-refractivity contribution in [1.29, 1.82) is 0 Å². The molecule has 3 rings (SSSR count). The highest BCUT2D eigenvalue weighted by Crippen LogP contribution is 2.19. The largest absolute Gasteiger partial charge is 0.464 e. The Morgan fingerprint density at radius 1 is 1.41 bits per heavy atom. The van der Waals surface area contributed by atoms with Crippen molar-refractivity contribution in [1.82, 2.24) is 14.5 Å². The number of hydrogen-bond acceptors (Lipinski definition) is 3. The van der Waals surface area contributed by atoms with Crippen LogP contribution < -0.4 is 0 Å². The monoisotopic (exact) mass is 301 g/mol. The number of ether oxygens (including phenoxy) is 1. The maximum Gasteiger partial charge on any atom is 0.329 e. The molecular weight excluding hydrogens is 285 g/mol. The summed E-state index contributed by atoms with van der Waals surface area (Å²) in [5.74, 6) is -0.0206. The van der Waals surface area contributed by atoms with Gasteiger partial charge in [0, 0.05) is 18.8 Å². The molecule has 3 aromatic rings. The van der Waals surface area contributed by atoms with E-state index in [4.69, 9.17) is 4.74 Å². The summed E-state index contributed by atoms with van der Waals surface area (Å²) >= 11 is 0. The zero-order valence-corrected chi connectivity index (χ0v) is 12.1. The van der Waals surface area contributed by atoms with Gasteiger partial charge in [-0.1, -0.05) is 0 Å². The molecule has 6 heteroatoms. The zero-order chi connectivity index (χ0) is 15.5. The van der Waals surface area contributed by atoms with Gasteiger partial charge in [-0.15, -0.1) is 0 Å². The molecule has 114 valence electrons. The molecule has 1 N–H and O–H groups in total. The summed E-state index contributed by atoms with van der Waals surface area (Å²) < 4.78 is 20.1. The number of nitrogens with one attached hydrogen (secondary N) is 1. The lowest BCUT2D eigenvalue weighted by atomic mass is 10.2. The summed E-state index contributed by atoms with van der Waals surface area (Å²) in [6.45, 7) is 2.09. The summed E-state index contributed by atoms with van der Waals surface area (Å²) in [6, 6.07) is 7.56. The second-order valence-electron chi connectivity index (χ2n) is 4.95. The van der Waals surface area contributed by atoms with Crippen LogP contribution in [0, 0.1) is 5.82 Å². The maximum atomic E-state index is 13.2. The molecule has 1 aromatic carbocycles. The van der Waals surface area contributed by atoms with Crippen molar-refractivity contribution in [3.05, 3.63) is 54.4 Å². The third kappa shape index (κ3) is 2.86. The third-order valence-corrected chi connectivity index (χ3v) is 3.43. The lowest BCUT2D eigenvalue weighted by Crippen LogP contribution is -2.23. The fourth-order valence-corrected chi connectivity index (χ4v) is 2.42. The fourth-order valence-electron chi connectivity index (χ4n) is 2.42. The number of benzene rings is 1. The minimum Gasteiger partial charge on any atom is -0.464 e. The Morgan fingerprint density at radius 3 is 2.91 bits per heavy atom. The van der Waals surface area contributed by atoms with Crippen molar-refractivity contribution in [2.24, 2.45) is 0 Å². The van der Waals surface area contributed by atoms with E-state index in [1.165, 1.54) is 12.1 Å². The number of aromatic nitrogens is 3. The van der Waals surface area contributed by atoms with E-state index in [1.54, 1.807) is 17.6 Å². The average Bonchev–Trinajstić information content (AvgIpc) is 3.13. The first-order chi connectivity index (χ1) is 10.7. The number of halogens is 1. The normalized spacial score (nSPS) is 12.5. The van der Waals surface area contributed by atoms with Crippen LogP contribution in [0.25, 0.3) is 11.0 Å². The number of nitrogens with zero attached hydrogens (tertiary/aromatic N) is 2. The van der Waals surface area contributed by atoms with E-state index in [0.717, 1.165) is 0 Å². The number of H-pyrrole nitrogens is 1. The first-order valence-electron chi connectivity index (χ1n) is 7.10. The number of imidazole rings is 1. The molecule has 0 aliphatic heterocycles. The Hall–Kier alpha value is -2.63. The Bertz CT molecular complexity index is 780. The van der Waals surface area contributed by atoms with Gasteiger partial charge < -0.3 is 14.3 Å². The Morgan fingerprint density at radius 2 is 2.18 bits per heavy atom. The van der Waals surface area contributed by atoms with Gasteiger partial charge in [-0.2, -0.15) is 0 Å². The van der Waals surface area contributed by atoms with Gasteiger partial charge in [0.2, 0.25) is 0 Å². The summed E-state index contributed by atoms with van der Waals surface area (Å²) in [5, 5.41) is 0. The lowest BCUT2D eigenvalue weighted by Gasteiger charge is -2.16. The average molecular weight is 301 g/mol. The molecule has 0 fully saturated rings. The molecule has 0 saturated heterocycles. The fraction of sp³-hybridized carbons (Fsp3) is 0.250. The van der Waals surface area contributed by atoms with Crippen LogP contribution in [-0.2, 0) is 16.0 Å². The minimum atomic E-state index is -0.500. The number of fused-ring (bicyclic) bond motifs is 1. The highest BCUT2D eigenvalue weighted by atomic mass is 19.1. The standard InChI is InChI=1S/C16H16FN3O2/c1-2-22-16(21)14(20-7-3-4-8-20)10-15-18-12-6-5-11(17)9-13(12)19-15/h3-9,14H,2,10H2,1H3,(H,18,19)/t14-/m1/s1. The van der Waals surface area contributed by atoms with Crippen LogP contribution in [0.4, 0.5) is 4.39 Å². The molecular formula is C16H16FN3O2. The van der Waals surface area contributed by atoms with E-state index in [1.807, 2.05) is 24.5 Å². The van der Waals surface area contributed by atoms with E-state index in [9.17, 15) is 9.18 Å². The van der Waals surface area contributed by atoms with Gasteiger partial charge in [0.25, 0.3) is 0 Å². The van der Waals surface area contributed by atoms with Crippen molar-refractivity contribution in [2.45, 2.75) is 19.4 Å². The molecule has 0 saturated carbocycles. The SMILES string of the molecule is CCOC(=O)[C@@H](Cc1nc2ccc(F)cc2[nH]1)n1cccc1. The molecule has 5 nitrogen and oxygen atoms in total. The molecule has 1 atom stereocenters. The van der Waals surface area contributed by atoms with Crippen molar-refractivity contribution < 1.29 is 13.9 Å². The summed E-state index contributed by atoms with van der Waals surface area (Å²) in [5.41, 5.74) is 1.29. The van der Waals surface area contributed by atoms with E-state index in [2.05, 4.69) is 9.97 Å². The van der Waals surface area contributed by atoms with E-state index >= 15 is 0 Å². The van der Waals surface area contributed by atoms with Gasteiger partial charge in [0.05, 0.1) is 17.6 Å². The highest BCUT2D eigenvalue weighted by molar-refractivity contribution is 5.76. The van der Waals surface area contributed by atoms with Crippen LogP contribution in [0.2, 0.25) is 0 Å². The van der Waals surface area contributed by atoms with E-state index < -0.39 is 6.04 Å².